The number of carbonyl (C=O) groups excluding carboxylic acids is 1. The Morgan fingerprint density at radius 1 is 1.26 bits per heavy atom. The molecule has 1 N–H and O–H groups in total. The predicted molar refractivity (Wildman–Crippen MR) is 88.6 cm³/mol. The van der Waals surface area contributed by atoms with E-state index in [0.717, 1.165) is 22.4 Å². The Hall–Kier alpha value is -2.56. The Balaban J connectivity index is 1.87. The SMILES string of the molecule is CC1Oc2cc(NC(=O)OC(C)(C)C)ccc2-c2ccncc21. The van der Waals surface area contributed by atoms with Gasteiger partial charge >= 0.3 is 6.09 Å². The summed E-state index contributed by atoms with van der Waals surface area (Å²) in [4.78, 5) is 16.0. The molecule has 1 aromatic heterocycles. The molecule has 0 aliphatic carbocycles. The Kier molecular flexibility index (Phi) is 3.72. The summed E-state index contributed by atoms with van der Waals surface area (Å²) in [5.74, 6) is 0.741. The lowest BCUT2D eigenvalue weighted by Crippen LogP contribution is -2.27. The van der Waals surface area contributed by atoms with Gasteiger partial charge in [0, 0.05) is 35.3 Å². The van der Waals surface area contributed by atoms with Crippen molar-refractivity contribution in [3.63, 3.8) is 0 Å². The quantitative estimate of drug-likeness (QED) is 0.839. The van der Waals surface area contributed by atoms with Crippen LogP contribution < -0.4 is 10.1 Å². The Bertz CT molecular complexity index is 750. The number of nitrogens with zero attached hydrogens (tertiary/aromatic N) is 1. The van der Waals surface area contributed by atoms with Crippen molar-refractivity contribution >= 4 is 11.8 Å². The first-order valence-electron chi connectivity index (χ1n) is 7.58. The van der Waals surface area contributed by atoms with Gasteiger partial charge in [-0.2, -0.15) is 0 Å². The summed E-state index contributed by atoms with van der Waals surface area (Å²) < 4.78 is 11.2. The fourth-order valence-corrected chi connectivity index (χ4v) is 2.57. The minimum absolute atomic E-state index is 0.0806. The first-order valence-corrected chi connectivity index (χ1v) is 7.58. The summed E-state index contributed by atoms with van der Waals surface area (Å²) in [6.07, 6.45) is 3.04. The zero-order valence-electron chi connectivity index (χ0n) is 13.7. The molecular weight excluding hydrogens is 292 g/mol. The standard InChI is InChI=1S/C18H20N2O3/c1-11-15-10-19-8-7-13(15)14-6-5-12(9-16(14)22-11)20-17(21)23-18(2,3)4/h5-11H,1-4H3,(H,20,21). The van der Waals surface area contributed by atoms with Crippen LogP contribution in [0.2, 0.25) is 0 Å². The third-order valence-electron chi connectivity index (χ3n) is 3.51. The molecule has 0 bridgehead atoms. The molecule has 1 atom stereocenters. The predicted octanol–water partition coefficient (Wildman–Crippen LogP) is 4.55. The number of benzene rings is 1. The number of fused-ring (bicyclic) bond motifs is 3. The highest BCUT2D eigenvalue weighted by Crippen LogP contribution is 2.42. The molecule has 1 unspecified atom stereocenters. The fraction of sp³-hybridized carbons (Fsp3) is 0.333. The molecule has 1 aliphatic heterocycles. The van der Waals surface area contributed by atoms with Crippen LogP contribution in [0.15, 0.2) is 36.7 Å². The Labute approximate surface area is 135 Å². The molecule has 120 valence electrons. The van der Waals surface area contributed by atoms with E-state index in [2.05, 4.69) is 10.3 Å². The number of pyridine rings is 1. The topological polar surface area (TPSA) is 60.5 Å². The molecular formula is C18H20N2O3. The van der Waals surface area contributed by atoms with Crippen LogP contribution in [0.4, 0.5) is 10.5 Å². The minimum atomic E-state index is -0.532. The molecule has 0 saturated heterocycles. The molecule has 2 aromatic rings. The van der Waals surface area contributed by atoms with E-state index in [1.54, 1.807) is 6.20 Å². The number of hydrogen-bond donors (Lipinski definition) is 1. The summed E-state index contributed by atoms with van der Waals surface area (Å²) in [5.41, 5.74) is 3.28. The van der Waals surface area contributed by atoms with E-state index in [1.165, 1.54) is 0 Å². The maximum absolute atomic E-state index is 11.9. The fourth-order valence-electron chi connectivity index (χ4n) is 2.57. The number of amides is 1. The van der Waals surface area contributed by atoms with Crippen LogP contribution in [-0.2, 0) is 4.74 Å². The first kappa shape index (κ1) is 15.3. The number of ether oxygens (including phenoxy) is 2. The molecule has 23 heavy (non-hydrogen) atoms. The van der Waals surface area contributed by atoms with Crippen LogP contribution in [-0.4, -0.2) is 16.7 Å². The summed E-state index contributed by atoms with van der Waals surface area (Å²) >= 11 is 0. The summed E-state index contributed by atoms with van der Waals surface area (Å²) in [7, 11) is 0. The highest BCUT2D eigenvalue weighted by atomic mass is 16.6. The molecule has 0 saturated carbocycles. The van der Waals surface area contributed by atoms with Crippen molar-refractivity contribution in [2.24, 2.45) is 0 Å². The minimum Gasteiger partial charge on any atom is -0.485 e. The lowest BCUT2D eigenvalue weighted by molar-refractivity contribution is 0.0636. The van der Waals surface area contributed by atoms with Crippen LogP contribution in [0.3, 0.4) is 0 Å². The van der Waals surface area contributed by atoms with Gasteiger partial charge in [-0.05, 0) is 51.5 Å². The maximum atomic E-state index is 11.9. The third kappa shape index (κ3) is 3.28. The molecule has 1 aliphatic rings. The van der Waals surface area contributed by atoms with E-state index in [9.17, 15) is 4.79 Å². The van der Waals surface area contributed by atoms with Crippen molar-refractivity contribution in [3.8, 4) is 16.9 Å². The van der Waals surface area contributed by atoms with E-state index >= 15 is 0 Å². The van der Waals surface area contributed by atoms with Gasteiger partial charge in [0.1, 0.15) is 17.5 Å². The molecule has 5 nitrogen and oxygen atoms in total. The monoisotopic (exact) mass is 312 g/mol. The molecule has 1 aromatic carbocycles. The first-order chi connectivity index (χ1) is 10.8. The van der Waals surface area contributed by atoms with Crippen LogP contribution >= 0.6 is 0 Å². The van der Waals surface area contributed by atoms with Crippen LogP contribution in [0.5, 0.6) is 5.75 Å². The van der Waals surface area contributed by atoms with Crippen molar-refractivity contribution in [3.05, 3.63) is 42.2 Å². The van der Waals surface area contributed by atoms with E-state index < -0.39 is 11.7 Å². The van der Waals surface area contributed by atoms with E-state index in [1.807, 2.05) is 58.2 Å². The van der Waals surface area contributed by atoms with Gasteiger partial charge in [0.15, 0.2) is 0 Å². The Morgan fingerprint density at radius 3 is 2.78 bits per heavy atom. The second-order valence-electron chi connectivity index (χ2n) is 6.56. The van der Waals surface area contributed by atoms with Crippen molar-refractivity contribution in [2.45, 2.75) is 39.4 Å². The second-order valence-corrected chi connectivity index (χ2v) is 6.56. The van der Waals surface area contributed by atoms with Gasteiger partial charge in [-0.25, -0.2) is 4.79 Å². The zero-order valence-corrected chi connectivity index (χ0v) is 13.7. The maximum Gasteiger partial charge on any atom is 0.412 e. The van der Waals surface area contributed by atoms with Crippen LogP contribution in [0.1, 0.15) is 39.4 Å². The Morgan fingerprint density at radius 2 is 2.04 bits per heavy atom. The lowest BCUT2D eigenvalue weighted by atomic mass is 9.95. The van der Waals surface area contributed by atoms with Crippen molar-refractivity contribution in [1.82, 2.24) is 4.98 Å². The number of nitrogens with one attached hydrogen (secondary N) is 1. The molecule has 3 rings (SSSR count). The van der Waals surface area contributed by atoms with Gasteiger partial charge in [0.2, 0.25) is 0 Å². The molecule has 5 heteroatoms. The van der Waals surface area contributed by atoms with Gasteiger partial charge < -0.3 is 9.47 Å². The average Bonchev–Trinajstić information content (AvgIpc) is 2.45. The van der Waals surface area contributed by atoms with Gasteiger partial charge in [-0.15, -0.1) is 0 Å². The van der Waals surface area contributed by atoms with Crippen molar-refractivity contribution in [2.75, 3.05) is 5.32 Å². The summed E-state index contributed by atoms with van der Waals surface area (Å²) in [6, 6.07) is 7.58. The van der Waals surface area contributed by atoms with Gasteiger partial charge in [-0.3, -0.25) is 10.3 Å². The summed E-state index contributed by atoms with van der Waals surface area (Å²) in [5, 5.41) is 2.73. The number of hydrogen-bond acceptors (Lipinski definition) is 4. The highest BCUT2D eigenvalue weighted by Gasteiger charge is 2.23. The van der Waals surface area contributed by atoms with E-state index in [0.29, 0.717) is 5.69 Å². The average molecular weight is 312 g/mol. The zero-order chi connectivity index (χ0) is 16.6. The number of aromatic nitrogens is 1. The summed E-state index contributed by atoms with van der Waals surface area (Å²) in [6.45, 7) is 7.47. The third-order valence-corrected chi connectivity index (χ3v) is 3.51. The van der Waals surface area contributed by atoms with E-state index in [4.69, 9.17) is 9.47 Å². The lowest BCUT2D eigenvalue weighted by Gasteiger charge is -2.26. The molecule has 0 radical (unpaired) electrons. The highest BCUT2D eigenvalue weighted by molar-refractivity contribution is 5.87. The molecule has 0 fully saturated rings. The number of carbonyl (C=O) groups is 1. The molecule has 2 heterocycles. The van der Waals surface area contributed by atoms with Crippen LogP contribution in [0.25, 0.3) is 11.1 Å². The van der Waals surface area contributed by atoms with Crippen LogP contribution in [0, 0.1) is 0 Å². The van der Waals surface area contributed by atoms with Crippen molar-refractivity contribution in [1.29, 1.82) is 0 Å². The molecule has 0 spiro atoms. The van der Waals surface area contributed by atoms with Gasteiger partial charge in [-0.1, -0.05) is 0 Å². The number of rotatable bonds is 1. The largest absolute Gasteiger partial charge is 0.485 e. The normalized spacial score (nSPS) is 15.9. The molecule has 1 amide bonds. The van der Waals surface area contributed by atoms with Gasteiger partial charge in [0.05, 0.1) is 0 Å². The van der Waals surface area contributed by atoms with Crippen molar-refractivity contribution < 1.29 is 14.3 Å². The van der Waals surface area contributed by atoms with E-state index in [-0.39, 0.29) is 6.10 Å². The second kappa shape index (κ2) is 5.57. The van der Waals surface area contributed by atoms with Gasteiger partial charge in [0.25, 0.3) is 0 Å². The number of anilines is 1. The smallest absolute Gasteiger partial charge is 0.412 e.